The van der Waals surface area contributed by atoms with E-state index in [4.69, 9.17) is 29.0 Å². The van der Waals surface area contributed by atoms with E-state index in [2.05, 4.69) is 15.3 Å². The molecule has 1 aliphatic rings. The Bertz CT molecular complexity index is 1670. The predicted molar refractivity (Wildman–Crippen MR) is 152 cm³/mol. The number of aryl methyl sites for hydroxylation is 1. The van der Waals surface area contributed by atoms with Crippen LogP contribution in [0.3, 0.4) is 0 Å². The second kappa shape index (κ2) is 10.5. The van der Waals surface area contributed by atoms with Crippen molar-refractivity contribution in [1.29, 1.82) is 0 Å². The molecular formula is C30H33N7O4. The van der Waals surface area contributed by atoms with Crippen molar-refractivity contribution in [2.75, 3.05) is 19.5 Å². The van der Waals surface area contributed by atoms with E-state index < -0.39 is 5.60 Å². The topological polar surface area (TPSA) is 133 Å². The van der Waals surface area contributed by atoms with Gasteiger partial charge in [0.05, 0.1) is 26.0 Å². The van der Waals surface area contributed by atoms with Gasteiger partial charge in [0.2, 0.25) is 11.8 Å². The summed E-state index contributed by atoms with van der Waals surface area (Å²) < 4.78 is 18.3. The molecule has 11 nitrogen and oxygen atoms in total. The molecule has 0 spiro atoms. The zero-order valence-corrected chi connectivity index (χ0v) is 23.8. The number of methoxy groups -OCH3 is 2. The van der Waals surface area contributed by atoms with Gasteiger partial charge in [-0.25, -0.2) is 15.0 Å². The van der Waals surface area contributed by atoms with Crippen molar-refractivity contribution < 1.29 is 19.0 Å². The summed E-state index contributed by atoms with van der Waals surface area (Å²) in [5.41, 5.74) is 3.99. The zero-order chi connectivity index (χ0) is 28.7. The van der Waals surface area contributed by atoms with E-state index in [1.807, 2.05) is 37.3 Å². The number of fused-ring (bicyclic) bond motifs is 1. The van der Waals surface area contributed by atoms with Gasteiger partial charge in [0.1, 0.15) is 23.5 Å². The first-order chi connectivity index (χ1) is 19.7. The van der Waals surface area contributed by atoms with Gasteiger partial charge in [-0.15, -0.1) is 5.10 Å². The highest BCUT2D eigenvalue weighted by molar-refractivity contribution is 5.66. The van der Waals surface area contributed by atoms with Gasteiger partial charge in [-0.1, -0.05) is 6.07 Å². The van der Waals surface area contributed by atoms with Gasteiger partial charge in [0.15, 0.2) is 11.5 Å². The maximum atomic E-state index is 10.2. The summed E-state index contributed by atoms with van der Waals surface area (Å²) in [7, 11) is 3.26. The Morgan fingerprint density at radius 3 is 2.56 bits per heavy atom. The van der Waals surface area contributed by atoms with Crippen LogP contribution in [-0.2, 0) is 12.1 Å². The maximum Gasteiger partial charge on any atom is 0.245 e. The third kappa shape index (κ3) is 5.08. The highest BCUT2D eigenvalue weighted by Gasteiger charge is 2.36. The molecule has 0 unspecified atom stereocenters. The smallest absolute Gasteiger partial charge is 0.245 e. The number of nitrogens with one attached hydrogen (secondary N) is 1. The number of pyridine rings is 1. The minimum Gasteiger partial charge on any atom is -0.497 e. The van der Waals surface area contributed by atoms with Gasteiger partial charge in [0, 0.05) is 53.0 Å². The lowest BCUT2D eigenvalue weighted by Crippen LogP contribution is -2.23. The lowest BCUT2D eigenvalue weighted by molar-refractivity contribution is 0.0781. The SMILES string of the molecule is COc1ccc(CNc2nc(-c3ncco3)c(C)c3nc([C@H]4C[C@H](c5ccc(C(C)(C)O)cn5)C4)nn23)c(OC)c1. The van der Waals surface area contributed by atoms with E-state index in [0.717, 1.165) is 46.8 Å². The molecule has 11 heteroatoms. The maximum absolute atomic E-state index is 10.2. The fourth-order valence-electron chi connectivity index (χ4n) is 5.15. The normalized spacial score (nSPS) is 16.9. The van der Waals surface area contributed by atoms with Crippen molar-refractivity contribution in [3.63, 3.8) is 0 Å². The molecule has 0 saturated heterocycles. The minimum atomic E-state index is -0.908. The van der Waals surface area contributed by atoms with E-state index in [1.54, 1.807) is 45.0 Å². The van der Waals surface area contributed by atoms with Crippen molar-refractivity contribution in [2.45, 2.75) is 57.6 Å². The van der Waals surface area contributed by atoms with Crippen molar-refractivity contribution >= 4 is 11.6 Å². The number of nitrogens with zero attached hydrogens (tertiary/aromatic N) is 6. The number of rotatable bonds is 9. The van der Waals surface area contributed by atoms with Crippen LogP contribution in [0.25, 0.3) is 17.2 Å². The monoisotopic (exact) mass is 555 g/mol. The molecule has 5 aromatic rings. The fraction of sp³-hybridized carbons (Fsp3) is 0.367. The van der Waals surface area contributed by atoms with Crippen LogP contribution >= 0.6 is 0 Å². The molecule has 2 N–H and O–H groups in total. The standard InChI is InChI=1S/C30H33N7O4/c1-17-25(28-31-10-11-41-28)34-29(33-15-18-6-8-22(39-4)14-24(18)40-5)37-27(17)35-26(36-37)20-12-19(13-20)23-9-7-21(16-32-23)30(2,3)38/h6-11,14,16,19-20,38H,12-13,15H2,1-5H3,(H,33,34)/t19-,20-. The molecule has 1 aliphatic carbocycles. The van der Waals surface area contributed by atoms with Gasteiger partial charge in [-0.05, 0) is 51.8 Å². The second-order valence-electron chi connectivity index (χ2n) is 10.9. The average Bonchev–Trinajstić information content (AvgIpc) is 3.63. The molecule has 0 amide bonds. The van der Waals surface area contributed by atoms with Crippen LogP contribution in [0.5, 0.6) is 11.5 Å². The predicted octanol–water partition coefficient (Wildman–Crippen LogP) is 5.00. The molecule has 1 saturated carbocycles. The number of benzene rings is 1. The van der Waals surface area contributed by atoms with Crippen LogP contribution < -0.4 is 14.8 Å². The first-order valence-electron chi connectivity index (χ1n) is 13.6. The van der Waals surface area contributed by atoms with Crippen LogP contribution in [0.2, 0.25) is 0 Å². The number of aliphatic hydroxyl groups is 1. The lowest BCUT2D eigenvalue weighted by Gasteiger charge is -2.33. The molecule has 4 heterocycles. The van der Waals surface area contributed by atoms with Crippen LogP contribution in [0.4, 0.5) is 5.95 Å². The van der Waals surface area contributed by atoms with Crippen molar-refractivity contribution in [1.82, 2.24) is 29.5 Å². The molecule has 212 valence electrons. The number of hydrogen-bond acceptors (Lipinski definition) is 10. The molecule has 6 rings (SSSR count). The first kappa shape index (κ1) is 26.7. The lowest BCUT2D eigenvalue weighted by atomic mass is 9.72. The number of ether oxygens (including phenoxy) is 2. The molecule has 4 aromatic heterocycles. The summed E-state index contributed by atoms with van der Waals surface area (Å²) in [6.45, 7) is 5.92. The molecule has 1 fully saturated rings. The summed E-state index contributed by atoms with van der Waals surface area (Å²) in [5, 5.41) is 18.5. The van der Waals surface area contributed by atoms with Gasteiger partial charge in [-0.3, -0.25) is 4.98 Å². The zero-order valence-electron chi connectivity index (χ0n) is 23.8. The largest absolute Gasteiger partial charge is 0.497 e. The Balaban J connectivity index is 1.28. The van der Waals surface area contributed by atoms with Crippen molar-refractivity contribution in [3.05, 3.63) is 77.2 Å². The molecule has 1 aromatic carbocycles. The van der Waals surface area contributed by atoms with Gasteiger partial charge < -0.3 is 24.3 Å². The Labute approximate surface area is 237 Å². The third-order valence-corrected chi connectivity index (χ3v) is 7.71. The van der Waals surface area contributed by atoms with Gasteiger partial charge >= 0.3 is 0 Å². The van der Waals surface area contributed by atoms with Gasteiger partial charge in [0.25, 0.3) is 0 Å². The first-order valence-corrected chi connectivity index (χ1v) is 13.6. The molecule has 0 atom stereocenters. The van der Waals surface area contributed by atoms with E-state index >= 15 is 0 Å². The number of anilines is 1. The molecule has 0 bridgehead atoms. The highest BCUT2D eigenvalue weighted by atomic mass is 16.5. The summed E-state index contributed by atoms with van der Waals surface area (Å²) in [6, 6.07) is 9.66. The van der Waals surface area contributed by atoms with Crippen LogP contribution in [0.1, 0.15) is 66.7 Å². The molecule has 0 radical (unpaired) electrons. The van der Waals surface area contributed by atoms with Crippen LogP contribution in [-0.4, -0.2) is 48.9 Å². The Kier molecular flexibility index (Phi) is 6.82. The Morgan fingerprint density at radius 2 is 1.90 bits per heavy atom. The second-order valence-corrected chi connectivity index (χ2v) is 10.9. The van der Waals surface area contributed by atoms with Crippen LogP contribution in [0, 0.1) is 6.92 Å². The van der Waals surface area contributed by atoms with E-state index in [-0.39, 0.29) is 5.92 Å². The van der Waals surface area contributed by atoms with Crippen molar-refractivity contribution in [2.24, 2.45) is 0 Å². The third-order valence-electron chi connectivity index (χ3n) is 7.71. The molecule has 41 heavy (non-hydrogen) atoms. The number of oxazole rings is 1. The Hall–Kier alpha value is -4.51. The van der Waals surface area contributed by atoms with Gasteiger partial charge in [-0.2, -0.15) is 4.52 Å². The summed E-state index contributed by atoms with van der Waals surface area (Å²) in [5.74, 6) is 3.67. The summed E-state index contributed by atoms with van der Waals surface area (Å²) in [6.07, 6.45) is 6.69. The molecular weight excluding hydrogens is 522 g/mol. The number of hydrogen-bond donors (Lipinski definition) is 2. The fourth-order valence-corrected chi connectivity index (χ4v) is 5.15. The summed E-state index contributed by atoms with van der Waals surface area (Å²) in [4.78, 5) is 18.8. The minimum absolute atomic E-state index is 0.203. The number of aromatic nitrogens is 6. The molecule has 0 aliphatic heterocycles. The highest BCUT2D eigenvalue weighted by Crippen LogP contribution is 2.46. The van der Waals surface area contributed by atoms with E-state index in [9.17, 15) is 5.11 Å². The Morgan fingerprint density at radius 1 is 1.07 bits per heavy atom. The van der Waals surface area contributed by atoms with E-state index in [0.29, 0.717) is 41.4 Å². The van der Waals surface area contributed by atoms with Crippen LogP contribution in [0.15, 0.2) is 53.4 Å². The quantitative estimate of drug-likeness (QED) is 0.256. The van der Waals surface area contributed by atoms with E-state index in [1.165, 1.54) is 6.26 Å². The van der Waals surface area contributed by atoms with Crippen molar-refractivity contribution in [3.8, 4) is 23.1 Å². The average molecular weight is 556 g/mol. The summed E-state index contributed by atoms with van der Waals surface area (Å²) >= 11 is 0.